The second-order valence-electron chi connectivity index (χ2n) is 5.56. The van der Waals surface area contributed by atoms with E-state index in [1.165, 1.54) is 11.1 Å². The van der Waals surface area contributed by atoms with Crippen molar-refractivity contribution >= 4 is 0 Å². The number of ether oxygens (including phenoxy) is 2. The lowest BCUT2D eigenvalue weighted by Crippen LogP contribution is -2.34. The molecule has 2 aliphatic rings. The monoisotopic (exact) mass is 266 g/mol. The molecule has 0 aromatic heterocycles. The third-order valence-corrected chi connectivity index (χ3v) is 4.30. The first-order valence-electron chi connectivity index (χ1n) is 7.30. The predicted molar refractivity (Wildman–Crippen MR) is 77.7 cm³/mol. The molecule has 2 heteroatoms. The Labute approximate surface area is 119 Å². The molecule has 0 amide bonds. The molecule has 0 spiro atoms. The van der Waals surface area contributed by atoms with E-state index in [9.17, 15) is 0 Å². The van der Waals surface area contributed by atoms with E-state index in [4.69, 9.17) is 9.47 Å². The van der Waals surface area contributed by atoms with Crippen LogP contribution < -0.4 is 0 Å². The fraction of sp³-hybridized carbons (Fsp3) is 0.333. The maximum Gasteiger partial charge on any atom is 0.111 e. The van der Waals surface area contributed by atoms with Crippen molar-refractivity contribution in [3.05, 3.63) is 71.8 Å². The lowest BCUT2D eigenvalue weighted by Gasteiger charge is -2.29. The second kappa shape index (κ2) is 5.04. The Bertz CT molecular complexity index is 527. The van der Waals surface area contributed by atoms with Crippen LogP contribution in [0, 0.1) is 0 Å². The van der Waals surface area contributed by atoms with Crippen LogP contribution in [0.2, 0.25) is 0 Å². The first-order chi connectivity index (χ1) is 9.93. The van der Waals surface area contributed by atoms with Gasteiger partial charge in [-0.1, -0.05) is 60.7 Å². The molecule has 0 N–H and O–H groups in total. The number of fused-ring (bicyclic) bond motifs is 1. The summed E-state index contributed by atoms with van der Waals surface area (Å²) in [4.78, 5) is 0. The SMILES string of the molecule is c1ccc(C(c2ccccc2)[C@@H]2OCC[C@@H]3O[C@H]32)cc1. The Hall–Kier alpha value is -1.64. The van der Waals surface area contributed by atoms with Crippen molar-refractivity contribution in [2.75, 3.05) is 6.61 Å². The average molecular weight is 266 g/mol. The molecule has 2 heterocycles. The molecule has 2 aliphatic heterocycles. The minimum Gasteiger partial charge on any atom is -0.374 e. The highest BCUT2D eigenvalue weighted by molar-refractivity contribution is 5.35. The summed E-state index contributed by atoms with van der Waals surface area (Å²) in [5.74, 6) is 0.257. The molecule has 0 saturated carbocycles. The van der Waals surface area contributed by atoms with Crippen LogP contribution in [-0.2, 0) is 9.47 Å². The summed E-state index contributed by atoms with van der Waals surface area (Å²) in [6.07, 6.45) is 1.87. The van der Waals surface area contributed by atoms with Gasteiger partial charge in [-0.05, 0) is 17.5 Å². The van der Waals surface area contributed by atoms with Crippen LogP contribution in [-0.4, -0.2) is 24.9 Å². The van der Waals surface area contributed by atoms with Gasteiger partial charge < -0.3 is 9.47 Å². The van der Waals surface area contributed by atoms with Crippen molar-refractivity contribution in [2.45, 2.75) is 30.7 Å². The highest BCUT2D eigenvalue weighted by Crippen LogP contribution is 2.42. The number of epoxide rings is 1. The zero-order valence-electron chi connectivity index (χ0n) is 11.3. The van der Waals surface area contributed by atoms with E-state index in [1.807, 2.05) is 0 Å². The van der Waals surface area contributed by atoms with E-state index in [0.717, 1.165) is 13.0 Å². The summed E-state index contributed by atoms with van der Waals surface area (Å²) >= 11 is 0. The minimum absolute atomic E-state index is 0.138. The molecule has 20 heavy (non-hydrogen) atoms. The average Bonchev–Trinajstić information content (AvgIpc) is 3.30. The van der Waals surface area contributed by atoms with Gasteiger partial charge in [0.05, 0.1) is 12.2 Å². The number of benzene rings is 2. The predicted octanol–water partition coefficient (Wildman–Crippen LogP) is 3.37. The maximum atomic E-state index is 6.08. The Morgan fingerprint density at radius 1 is 0.850 bits per heavy atom. The third kappa shape index (κ3) is 2.15. The molecule has 2 aromatic carbocycles. The molecule has 2 saturated heterocycles. The summed E-state index contributed by atoms with van der Waals surface area (Å²) in [7, 11) is 0. The summed E-state index contributed by atoms with van der Waals surface area (Å²) in [6.45, 7) is 0.808. The summed E-state index contributed by atoms with van der Waals surface area (Å²) < 4.78 is 11.9. The van der Waals surface area contributed by atoms with E-state index in [1.54, 1.807) is 0 Å². The first-order valence-corrected chi connectivity index (χ1v) is 7.30. The zero-order chi connectivity index (χ0) is 13.4. The van der Waals surface area contributed by atoms with Gasteiger partial charge in [-0.3, -0.25) is 0 Å². The highest BCUT2D eigenvalue weighted by Gasteiger charge is 2.51. The van der Waals surface area contributed by atoms with E-state index in [0.29, 0.717) is 6.10 Å². The van der Waals surface area contributed by atoms with E-state index >= 15 is 0 Å². The lowest BCUT2D eigenvalue weighted by atomic mass is 9.83. The van der Waals surface area contributed by atoms with Crippen LogP contribution in [0.4, 0.5) is 0 Å². The van der Waals surface area contributed by atoms with Crippen LogP contribution in [0.3, 0.4) is 0 Å². The van der Waals surface area contributed by atoms with Gasteiger partial charge >= 0.3 is 0 Å². The fourth-order valence-corrected chi connectivity index (χ4v) is 3.27. The van der Waals surface area contributed by atoms with E-state index in [-0.39, 0.29) is 18.1 Å². The molecule has 0 aliphatic carbocycles. The van der Waals surface area contributed by atoms with Crippen molar-refractivity contribution in [1.29, 1.82) is 0 Å². The fourth-order valence-electron chi connectivity index (χ4n) is 3.27. The van der Waals surface area contributed by atoms with Crippen LogP contribution in [0.1, 0.15) is 23.5 Å². The van der Waals surface area contributed by atoms with Gasteiger partial charge in [-0.25, -0.2) is 0 Å². The summed E-state index contributed by atoms with van der Waals surface area (Å²) in [5.41, 5.74) is 2.61. The molecule has 0 bridgehead atoms. The van der Waals surface area contributed by atoms with Gasteiger partial charge in [-0.2, -0.15) is 0 Å². The highest BCUT2D eigenvalue weighted by atomic mass is 16.6. The largest absolute Gasteiger partial charge is 0.374 e. The maximum absolute atomic E-state index is 6.08. The molecule has 0 radical (unpaired) electrons. The smallest absolute Gasteiger partial charge is 0.111 e. The Morgan fingerprint density at radius 2 is 1.45 bits per heavy atom. The molecule has 2 aromatic rings. The molecule has 4 rings (SSSR count). The van der Waals surface area contributed by atoms with Gasteiger partial charge in [0.2, 0.25) is 0 Å². The lowest BCUT2D eigenvalue weighted by molar-refractivity contribution is 0.0161. The molecule has 2 nitrogen and oxygen atoms in total. The topological polar surface area (TPSA) is 21.8 Å². The normalized spacial score (nSPS) is 28.1. The van der Waals surface area contributed by atoms with Gasteiger partial charge in [-0.15, -0.1) is 0 Å². The van der Waals surface area contributed by atoms with E-state index in [2.05, 4.69) is 60.7 Å². The van der Waals surface area contributed by atoms with Crippen molar-refractivity contribution in [1.82, 2.24) is 0 Å². The van der Waals surface area contributed by atoms with Crippen LogP contribution in [0.15, 0.2) is 60.7 Å². The van der Waals surface area contributed by atoms with Crippen molar-refractivity contribution in [2.24, 2.45) is 0 Å². The second-order valence-corrected chi connectivity index (χ2v) is 5.56. The Kier molecular flexibility index (Phi) is 3.06. The summed E-state index contributed by atoms with van der Waals surface area (Å²) in [5, 5.41) is 0. The van der Waals surface area contributed by atoms with Crippen molar-refractivity contribution in [3.8, 4) is 0 Å². The number of hydrogen-bond donors (Lipinski definition) is 0. The van der Waals surface area contributed by atoms with Gasteiger partial charge in [0.1, 0.15) is 6.10 Å². The van der Waals surface area contributed by atoms with Crippen molar-refractivity contribution in [3.63, 3.8) is 0 Å². The van der Waals surface area contributed by atoms with E-state index < -0.39 is 0 Å². The standard InChI is InChI=1S/C18H18O2/c1-3-7-13(8-4-1)16(14-9-5-2-6-10-14)18-17-15(20-17)11-12-19-18/h1-10,15-18H,11-12H2/t15-,17+,18-/m0/s1. The Balaban J connectivity index is 1.73. The van der Waals surface area contributed by atoms with Gasteiger partial charge in [0.25, 0.3) is 0 Å². The Morgan fingerprint density at radius 3 is 2.05 bits per heavy atom. The first kappa shape index (κ1) is 12.1. The molecule has 3 atom stereocenters. The van der Waals surface area contributed by atoms with Gasteiger partial charge in [0, 0.05) is 12.5 Å². The molecular formula is C18H18O2. The third-order valence-electron chi connectivity index (χ3n) is 4.30. The molecule has 0 unspecified atom stereocenters. The summed E-state index contributed by atoms with van der Waals surface area (Å²) in [6, 6.07) is 21.3. The molecule has 2 fully saturated rings. The molecule has 102 valence electrons. The zero-order valence-corrected chi connectivity index (χ0v) is 11.3. The van der Waals surface area contributed by atoms with Crippen LogP contribution in [0.25, 0.3) is 0 Å². The van der Waals surface area contributed by atoms with Crippen LogP contribution >= 0.6 is 0 Å². The quantitative estimate of drug-likeness (QED) is 0.794. The number of hydrogen-bond acceptors (Lipinski definition) is 2. The minimum atomic E-state index is 0.138. The van der Waals surface area contributed by atoms with Gasteiger partial charge in [0.15, 0.2) is 0 Å². The molecular weight excluding hydrogens is 248 g/mol. The van der Waals surface area contributed by atoms with Crippen LogP contribution in [0.5, 0.6) is 0 Å². The van der Waals surface area contributed by atoms with Crippen molar-refractivity contribution < 1.29 is 9.47 Å². The number of rotatable bonds is 3.